The first-order chi connectivity index (χ1) is 20.8. The van der Waals surface area contributed by atoms with Crippen LogP contribution >= 0.6 is 0 Å². The van der Waals surface area contributed by atoms with Gasteiger partial charge in [0.2, 0.25) is 0 Å². The topological polar surface area (TPSA) is 73.4 Å². The maximum absolute atomic E-state index is 10.1. The number of aromatic nitrogens is 2. The Morgan fingerprint density at radius 2 is 0.738 bits per heavy atom. The molecule has 0 aliphatic rings. The van der Waals surface area contributed by atoms with Gasteiger partial charge in [-0.05, 0) is 34.4 Å². The van der Waals surface area contributed by atoms with Crippen molar-refractivity contribution >= 4 is 65.2 Å². The van der Waals surface area contributed by atoms with E-state index in [1.165, 1.54) is 0 Å². The van der Waals surface area contributed by atoms with Crippen LogP contribution in [0.3, 0.4) is 0 Å². The zero-order valence-electron chi connectivity index (χ0n) is 22.2. The highest BCUT2D eigenvalue weighted by Gasteiger charge is 2.23. The van der Waals surface area contributed by atoms with Gasteiger partial charge >= 0.3 is 0 Å². The molecule has 4 heteroatoms. The third kappa shape index (κ3) is 2.83. The van der Waals surface area contributed by atoms with Gasteiger partial charge in [-0.25, -0.2) is 9.97 Å². The van der Waals surface area contributed by atoms with Crippen molar-refractivity contribution in [3.8, 4) is 34.4 Å². The molecule has 42 heavy (non-hydrogen) atoms. The van der Waals surface area contributed by atoms with Crippen molar-refractivity contribution in [1.29, 1.82) is 10.5 Å². The van der Waals surface area contributed by atoms with E-state index < -0.39 is 0 Å². The Labute approximate surface area is 240 Å². The number of nitrogens with zero attached hydrogens (tertiary/aromatic N) is 4. The van der Waals surface area contributed by atoms with Crippen LogP contribution in [0.25, 0.3) is 87.4 Å². The summed E-state index contributed by atoms with van der Waals surface area (Å²) in [5.41, 5.74) is 8.80. The number of nitriles is 2. The zero-order valence-corrected chi connectivity index (χ0v) is 22.2. The van der Waals surface area contributed by atoms with Gasteiger partial charge in [0.25, 0.3) is 0 Å². The lowest BCUT2D eigenvalue weighted by molar-refractivity contribution is 1.46. The van der Waals surface area contributed by atoms with Gasteiger partial charge in [0, 0.05) is 43.1 Å². The minimum absolute atomic E-state index is 0.641. The highest BCUT2D eigenvalue weighted by Crippen LogP contribution is 2.46. The third-order valence-electron chi connectivity index (χ3n) is 8.65. The van der Waals surface area contributed by atoms with Crippen LogP contribution in [0, 0.1) is 22.7 Å². The van der Waals surface area contributed by atoms with Crippen molar-refractivity contribution in [2.45, 2.75) is 0 Å². The maximum atomic E-state index is 10.1. The molecule has 0 atom stereocenters. The molecule has 1 heterocycles. The summed E-state index contributed by atoms with van der Waals surface area (Å²) >= 11 is 0. The second kappa shape index (κ2) is 8.21. The summed E-state index contributed by atoms with van der Waals surface area (Å²) < 4.78 is 0. The zero-order chi connectivity index (χ0) is 27.9. The molecule has 0 unspecified atom stereocenters. The maximum Gasteiger partial charge on any atom is 0.0998 e. The van der Waals surface area contributed by atoms with Gasteiger partial charge in [0.1, 0.15) is 0 Å². The predicted octanol–water partition coefficient (Wildman–Crippen LogP) is 9.35. The van der Waals surface area contributed by atoms with Gasteiger partial charge < -0.3 is 0 Å². The fourth-order valence-electron chi connectivity index (χ4n) is 6.87. The minimum Gasteiger partial charge on any atom is -0.243 e. The average molecular weight is 531 g/mol. The van der Waals surface area contributed by atoms with E-state index in [0.717, 1.165) is 87.4 Å². The van der Waals surface area contributed by atoms with Gasteiger partial charge in [-0.15, -0.1) is 0 Å². The standard InChI is InChI=1S/C38H18N4/c39-19-23-11-13-27-33-29(17-15-25(31(23)33)21-7-3-1-4-8-21)37-35(27)41-38-30-18-16-26(22-9-5-2-6-10-22)32-24(20-40)12-14-28(34(30)32)36(38)42-37/h1-18H. The van der Waals surface area contributed by atoms with Crippen LogP contribution < -0.4 is 0 Å². The number of hydrogen-bond acceptors (Lipinski definition) is 4. The molecule has 0 aliphatic heterocycles. The van der Waals surface area contributed by atoms with Crippen molar-refractivity contribution in [2.24, 2.45) is 0 Å². The molecule has 4 nitrogen and oxygen atoms in total. The Balaban J connectivity index is 1.44. The quantitative estimate of drug-likeness (QED) is 0.223. The van der Waals surface area contributed by atoms with Crippen LogP contribution in [-0.4, -0.2) is 9.97 Å². The summed E-state index contributed by atoms with van der Waals surface area (Å²) in [7, 11) is 0. The van der Waals surface area contributed by atoms with Crippen molar-refractivity contribution in [2.75, 3.05) is 0 Å². The largest absolute Gasteiger partial charge is 0.243 e. The minimum atomic E-state index is 0.641. The molecule has 9 rings (SSSR count). The Hall–Kier alpha value is -6.10. The van der Waals surface area contributed by atoms with Gasteiger partial charge in [-0.3, -0.25) is 0 Å². The monoisotopic (exact) mass is 530 g/mol. The van der Waals surface area contributed by atoms with E-state index in [2.05, 4.69) is 60.7 Å². The van der Waals surface area contributed by atoms with Crippen LogP contribution in [0.2, 0.25) is 0 Å². The smallest absolute Gasteiger partial charge is 0.0998 e. The Kier molecular flexibility index (Phi) is 4.43. The van der Waals surface area contributed by atoms with Gasteiger partial charge in [-0.1, -0.05) is 97.1 Å². The number of benzene rings is 6. The first kappa shape index (κ1) is 22.7. The SMILES string of the molecule is N#Cc1ccc2c3nc4c5ccc(-c6ccccc6)c6c(C#N)ccc(c4nc3c3ccc(-c4ccccc4)c1c23)c65. The van der Waals surface area contributed by atoms with E-state index >= 15 is 0 Å². The fraction of sp³-hybridized carbons (Fsp3) is 0. The highest BCUT2D eigenvalue weighted by molar-refractivity contribution is 6.35. The van der Waals surface area contributed by atoms with E-state index in [1.807, 2.05) is 60.7 Å². The summed E-state index contributed by atoms with van der Waals surface area (Å²) in [6.07, 6.45) is 0. The van der Waals surface area contributed by atoms with Gasteiger partial charge in [0.15, 0.2) is 0 Å². The molecule has 0 bridgehead atoms. The first-order valence-corrected chi connectivity index (χ1v) is 13.8. The molecule has 8 aromatic carbocycles. The van der Waals surface area contributed by atoms with E-state index in [4.69, 9.17) is 9.97 Å². The highest BCUT2D eigenvalue weighted by atomic mass is 14.8. The molecule has 190 valence electrons. The third-order valence-corrected chi connectivity index (χ3v) is 8.65. The van der Waals surface area contributed by atoms with E-state index in [-0.39, 0.29) is 0 Å². The van der Waals surface area contributed by atoms with Gasteiger partial charge in [0.05, 0.1) is 45.3 Å². The summed E-state index contributed by atoms with van der Waals surface area (Å²) in [5, 5.41) is 28.1. The summed E-state index contributed by atoms with van der Waals surface area (Å²) in [4.78, 5) is 10.6. The molecule has 0 saturated carbocycles. The van der Waals surface area contributed by atoms with Crippen molar-refractivity contribution in [3.05, 3.63) is 120 Å². The van der Waals surface area contributed by atoms with Crippen molar-refractivity contribution in [1.82, 2.24) is 9.97 Å². The Morgan fingerprint density at radius 3 is 1.10 bits per heavy atom. The predicted molar refractivity (Wildman–Crippen MR) is 170 cm³/mol. The van der Waals surface area contributed by atoms with E-state index in [1.54, 1.807) is 0 Å². The Bertz CT molecular complexity index is 2390. The van der Waals surface area contributed by atoms with Crippen LogP contribution in [0.1, 0.15) is 11.1 Å². The summed E-state index contributed by atoms with van der Waals surface area (Å²) in [6.45, 7) is 0. The van der Waals surface area contributed by atoms with Crippen molar-refractivity contribution < 1.29 is 0 Å². The molecule has 9 aromatic rings. The lowest BCUT2D eigenvalue weighted by Crippen LogP contribution is -1.86. The number of hydrogen-bond donors (Lipinski definition) is 0. The lowest BCUT2D eigenvalue weighted by Gasteiger charge is -2.09. The van der Waals surface area contributed by atoms with E-state index in [9.17, 15) is 10.5 Å². The molecule has 0 aliphatic carbocycles. The number of fused-ring (bicyclic) bond motifs is 6. The van der Waals surface area contributed by atoms with Crippen LogP contribution in [0.15, 0.2) is 109 Å². The normalized spacial score (nSPS) is 11.8. The molecule has 0 saturated heterocycles. The van der Waals surface area contributed by atoms with Crippen LogP contribution in [0.4, 0.5) is 0 Å². The van der Waals surface area contributed by atoms with E-state index in [0.29, 0.717) is 11.1 Å². The molecular formula is C38H18N4. The molecular weight excluding hydrogens is 512 g/mol. The molecule has 0 amide bonds. The second-order valence-corrected chi connectivity index (χ2v) is 10.7. The fourth-order valence-corrected chi connectivity index (χ4v) is 6.87. The number of rotatable bonds is 2. The first-order valence-electron chi connectivity index (χ1n) is 13.8. The summed E-state index contributed by atoms with van der Waals surface area (Å²) in [6, 6.07) is 41.5. The summed E-state index contributed by atoms with van der Waals surface area (Å²) in [5.74, 6) is 0. The van der Waals surface area contributed by atoms with Crippen molar-refractivity contribution in [3.63, 3.8) is 0 Å². The molecule has 0 radical (unpaired) electrons. The molecule has 1 aromatic heterocycles. The average Bonchev–Trinajstić information content (AvgIpc) is 3.55. The lowest BCUT2D eigenvalue weighted by atomic mass is 9.93. The molecule has 0 N–H and O–H groups in total. The van der Waals surface area contributed by atoms with Crippen LogP contribution in [0.5, 0.6) is 0 Å². The van der Waals surface area contributed by atoms with Gasteiger partial charge in [-0.2, -0.15) is 10.5 Å². The molecule has 0 spiro atoms. The van der Waals surface area contributed by atoms with Crippen LogP contribution in [-0.2, 0) is 0 Å². The second-order valence-electron chi connectivity index (χ2n) is 10.7. The molecule has 0 fully saturated rings. The Morgan fingerprint density at radius 1 is 0.381 bits per heavy atom.